The molecule has 0 bridgehead atoms. The number of methoxy groups -OCH3 is 2. The molecule has 3 N–H and O–H groups in total. The third kappa shape index (κ3) is 4.36. The first-order valence-electron chi connectivity index (χ1n) is 6.75. The summed E-state index contributed by atoms with van der Waals surface area (Å²) in [4.78, 5) is 0. The summed E-state index contributed by atoms with van der Waals surface area (Å²) >= 11 is 3.42. The molecule has 4 nitrogen and oxygen atoms in total. The average molecular weight is 346 g/mol. The minimum absolute atomic E-state index is 0.454. The molecule has 0 heterocycles. The van der Waals surface area contributed by atoms with Crippen LogP contribution in [-0.2, 0) is 0 Å². The Labute approximate surface area is 129 Å². The molecule has 0 fully saturated rings. The Balaban J connectivity index is 2.94. The minimum Gasteiger partial charge on any atom is -0.495 e. The van der Waals surface area contributed by atoms with Crippen molar-refractivity contribution in [3.8, 4) is 11.5 Å². The predicted molar refractivity (Wildman–Crippen MR) is 84.3 cm³/mol. The van der Waals surface area contributed by atoms with Gasteiger partial charge in [0.2, 0.25) is 0 Å². The highest BCUT2D eigenvalue weighted by Gasteiger charge is 2.20. The van der Waals surface area contributed by atoms with E-state index in [2.05, 4.69) is 29.8 Å². The Hall–Kier alpha value is -0.780. The zero-order valence-corrected chi connectivity index (χ0v) is 14.1. The topological polar surface area (TPSA) is 64.7 Å². The molecule has 114 valence electrons. The van der Waals surface area contributed by atoms with Crippen molar-refractivity contribution < 1.29 is 14.6 Å². The van der Waals surface area contributed by atoms with E-state index in [4.69, 9.17) is 15.2 Å². The molecule has 20 heavy (non-hydrogen) atoms. The molecular weight excluding hydrogens is 322 g/mol. The normalized spacial score (nSPS) is 14.2. The fourth-order valence-corrected chi connectivity index (χ4v) is 2.54. The minimum atomic E-state index is -0.576. The van der Waals surface area contributed by atoms with Gasteiger partial charge in [-0.2, -0.15) is 0 Å². The van der Waals surface area contributed by atoms with Crippen molar-refractivity contribution in [2.75, 3.05) is 14.2 Å². The number of rotatable bonds is 7. The second-order valence-electron chi connectivity index (χ2n) is 5.30. The molecular formula is C15H24BrNO3. The second-order valence-corrected chi connectivity index (χ2v) is 6.10. The van der Waals surface area contributed by atoms with Gasteiger partial charge in [0.1, 0.15) is 16.0 Å². The standard InChI is InChI=1S/C15H24BrNO3/c1-9(2)5-6-11(18)15(17)10-7-12(19-3)14(16)13(8-10)20-4/h7-9,11,15,18H,5-6,17H2,1-4H3/t11-,15+/m1/s1. The molecule has 2 atom stereocenters. The summed E-state index contributed by atoms with van der Waals surface area (Å²) in [5, 5.41) is 10.2. The van der Waals surface area contributed by atoms with Crippen LogP contribution in [-0.4, -0.2) is 25.4 Å². The molecule has 1 rings (SSSR count). The van der Waals surface area contributed by atoms with Crippen LogP contribution in [0.1, 0.15) is 38.3 Å². The van der Waals surface area contributed by atoms with Crippen molar-refractivity contribution in [3.63, 3.8) is 0 Å². The van der Waals surface area contributed by atoms with Crippen molar-refractivity contribution >= 4 is 15.9 Å². The molecule has 0 spiro atoms. The molecule has 0 amide bonds. The van der Waals surface area contributed by atoms with E-state index in [0.29, 0.717) is 23.8 Å². The van der Waals surface area contributed by atoms with Crippen LogP contribution in [0.25, 0.3) is 0 Å². The van der Waals surface area contributed by atoms with Gasteiger partial charge in [-0.25, -0.2) is 0 Å². The summed E-state index contributed by atoms with van der Waals surface area (Å²) in [5.74, 6) is 1.84. The first-order valence-corrected chi connectivity index (χ1v) is 7.55. The third-order valence-electron chi connectivity index (χ3n) is 3.31. The molecule has 0 aromatic heterocycles. The molecule has 0 saturated carbocycles. The lowest BCUT2D eigenvalue weighted by Gasteiger charge is -2.21. The molecule has 0 aliphatic carbocycles. The highest BCUT2D eigenvalue weighted by Crippen LogP contribution is 2.37. The lowest BCUT2D eigenvalue weighted by Crippen LogP contribution is -2.26. The quantitative estimate of drug-likeness (QED) is 0.795. The van der Waals surface area contributed by atoms with E-state index >= 15 is 0 Å². The number of hydrogen-bond donors (Lipinski definition) is 2. The fourth-order valence-electron chi connectivity index (χ4n) is 1.99. The molecule has 0 radical (unpaired) electrons. The van der Waals surface area contributed by atoms with Gasteiger partial charge in [-0.15, -0.1) is 0 Å². The van der Waals surface area contributed by atoms with Crippen LogP contribution >= 0.6 is 15.9 Å². The van der Waals surface area contributed by atoms with E-state index in [1.165, 1.54) is 0 Å². The zero-order chi connectivity index (χ0) is 15.3. The van der Waals surface area contributed by atoms with Crippen molar-refractivity contribution in [2.45, 2.75) is 38.8 Å². The third-order valence-corrected chi connectivity index (χ3v) is 4.09. The second kappa shape index (κ2) is 7.86. The number of hydrogen-bond acceptors (Lipinski definition) is 4. The number of aliphatic hydroxyl groups excluding tert-OH is 1. The smallest absolute Gasteiger partial charge is 0.137 e. The Kier molecular flexibility index (Phi) is 6.79. The maximum absolute atomic E-state index is 10.2. The Bertz CT molecular complexity index is 412. The van der Waals surface area contributed by atoms with Crippen LogP contribution < -0.4 is 15.2 Å². The van der Waals surface area contributed by atoms with Crippen LogP contribution in [0.4, 0.5) is 0 Å². The number of aliphatic hydroxyl groups is 1. The van der Waals surface area contributed by atoms with Crippen molar-refractivity contribution in [1.82, 2.24) is 0 Å². The van der Waals surface area contributed by atoms with Crippen LogP contribution in [0.3, 0.4) is 0 Å². The molecule has 1 aromatic carbocycles. The molecule has 0 unspecified atom stereocenters. The molecule has 1 aromatic rings. The van der Waals surface area contributed by atoms with Gasteiger partial charge < -0.3 is 20.3 Å². The van der Waals surface area contributed by atoms with Crippen LogP contribution in [0.5, 0.6) is 11.5 Å². The lowest BCUT2D eigenvalue weighted by atomic mass is 9.96. The monoisotopic (exact) mass is 345 g/mol. The van der Waals surface area contributed by atoms with E-state index in [1.807, 2.05) is 12.1 Å². The zero-order valence-electron chi connectivity index (χ0n) is 12.5. The summed E-state index contributed by atoms with van der Waals surface area (Å²) in [7, 11) is 3.17. The van der Waals surface area contributed by atoms with Crippen molar-refractivity contribution in [1.29, 1.82) is 0 Å². The highest BCUT2D eigenvalue weighted by molar-refractivity contribution is 9.10. The number of ether oxygens (including phenoxy) is 2. The van der Waals surface area contributed by atoms with E-state index in [0.717, 1.165) is 16.5 Å². The Morgan fingerprint density at radius 3 is 2.05 bits per heavy atom. The van der Waals surface area contributed by atoms with Crippen LogP contribution in [0.15, 0.2) is 16.6 Å². The first-order chi connectivity index (χ1) is 9.40. The molecule has 5 heteroatoms. The maximum atomic E-state index is 10.2. The molecule has 0 aliphatic rings. The Morgan fingerprint density at radius 2 is 1.65 bits per heavy atom. The summed E-state index contributed by atoms with van der Waals surface area (Å²) in [5.41, 5.74) is 6.95. The number of halogens is 1. The van der Waals surface area contributed by atoms with Gasteiger partial charge >= 0.3 is 0 Å². The summed E-state index contributed by atoms with van der Waals surface area (Å²) in [6, 6.07) is 3.20. The van der Waals surface area contributed by atoms with Gasteiger partial charge in [-0.3, -0.25) is 0 Å². The van der Waals surface area contributed by atoms with Gasteiger partial charge in [-0.1, -0.05) is 13.8 Å². The van der Waals surface area contributed by atoms with E-state index in [-0.39, 0.29) is 0 Å². The SMILES string of the molecule is COc1cc([C@H](N)[C@H](O)CCC(C)C)cc(OC)c1Br. The van der Waals surface area contributed by atoms with E-state index < -0.39 is 12.1 Å². The lowest BCUT2D eigenvalue weighted by molar-refractivity contribution is 0.128. The summed E-state index contributed by atoms with van der Waals surface area (Å²) in [6.07, 6.45) is 1.05. The molecule has 0 aliphatic heterocycles. The van der Waals surface area contributed by atoms with Crippen molar-refractivity contribution in [2.24, 2.45) is 11.7 Å². The van der Waals surface area contributed by atoms with E-state index in [9.17, 15) is 5.11 Å². The summed E-state index contributed by atoms with van der Waals surface area (Å²) < 4.78 is 11.3. The largest absolute Gasteiger partial charge is 0.495 e. The highest BCUT2D eigenvalue weighted by atomic mass is 79.9. The maximum Gasteiger partial charge on any atom is 0.137 e. The van der Waals surface area contributed by atoms with Gasteiger partial charge in [0, 0.05) is 0 Å². The number of nitrogens with two attached hydrogens (primary N) is 1. The van der Waals surface area contributed by atoms with Crippen molar-refractivity contribution in [3.05, 3.63) is 22.2 Å². The Morgan fingerprint density at radius 1 is 1.15 bits per heavy atom. The fraction of sp³-hybridized carbons (Fsp3) is 0.600. The van der Waals surface area contributed by atoms with Gasteiger partial charge in [0.25, 0.3) is 0 Å². The van der Waals surface area contributed by atoms with Crippen LogP contribution in [0.2, 0.25) is 0 Å². The predicted octanol–water partition coefficient (Wildman–Crippen LogP) is 3.26. The van der Waals surface area contributed by atoms with Crippen LogP contribution in [0, 0.1) is 5.92 Å². The van der Waals surface area contributed by atoms with E-state index in [1.54, 1.807) is 14.2 Å². The van der Waals surface area contributed by atoms with Gasteiger partial charge in [0.05, 0.1) is 26.4 Å². The first kappa shape index (κ1) is 17.3. The number of benzene rings is 1. The average Bonchev–Trinajstić information content (AvgIpc) is 2.44. The van der Waals surface area contributed by atoms with Gasteiger partial charge in [-0.05, 0) is 52.4 Å². The van der Waals surface area contributed by atoms with Gasteiger partial charge in [0.15, 0.2) is 0 Å². The summed E-state index contributed by atoms with van der Waals surface area (Å²) in [6.45, 7) is 4.26. The molecule has 0 saturated heterocycles.